The quantitative estimate of drug-likeness (QED) is 0.613. The molecular formula is C10H12BrNO2. The molecule has 0 bridgehead atoms. The predicted octanol–water partition coefficient (Wildman–Crippen LogP) is 3.62. The van der Waals surface area contributed by atoms with E-state index in [0.717, 1.165) is 22.9 Å². The summed E-state index contributed by atoms with van der Waals surface area (Å²) in [4.78, 5) is 10.6. The highest BCUT2D eigenvalue weighted by molar-refractivity contribution is 9.10. The van der Waals surface area contributed by atoms with Gasteiger partial charge in [-0.2, -0.15) is 0 Å². The van der Waals surface area contributed by atoms with Gasteiger partial charge in [0.15, 0.2) is 0 Å². The number of benzene rings is 1. The van der Waals surface area contributed by atoms with Crippen molar-refractivity contribution in [1.29, 1.82) is 0 Å². The van der Waals surface area contributed by atoms with Gasteiger partial charge in [0.1, 0.15) is 0 Å². The summed E-state index contributed by atoms with van der Waals surface area (Å²) in [6, 6.07) is 3.69. The summed E-state index contributed by atoms with van der Waals surface area (Å²) in [5, 5.41) is 10.9. The second-order valence-electron chi connectivity index (χ2n) is 3.19. The molecule has 0 atom stereocenters. The molecule has 0 fully saturated rings. The number of hydrogen-bond donors (Lipinski definition) is 0. The van der Waals surface area contributed by atoms with Crippen molar-refractivity contribution in [3.63, 3.8) is 0 Å². The van der Waals surface area contributed by atoms with Gasteiger partial charge in [0.05, 0.1) is 4.92 Å². The number of rotatable bonds is 3. The van der Waals surface area contributed by atoms with Gasteiger partial charge in [-0.25, -0.2) is 0 Å². The van der Waals surface area contributed by atoms with E-state index in [0.29, 0.717) is 5.56 Å². The maximum atomic E-state index is 10.9. The van der Waals surface area contributed by atoms with Crippen LogP contribution in [0.4, 0.5) is 5.69 Å². The first-order valence-corrected chi connectivity index (χ1v) is 5.29. The molecule has 0 radical (unpaired) electrons. The van der Waals surface area contributed by atoms with Gasteiger partial charge < -0.3 is 0 Å². The van der Waals surface area contributed by atoms with Crippen LogP contribution in [0.5, 0.6) is 0 Å². The number of halogens is 1. The number of aryl methyl sites for hydroxylation is 1. The standard InChI is InChI=1S/C10H12BrNO2/c1-3-4-8-5-6-9(11)7(2)10(8)12(13)14/h5-6H,3-4H2,1-2H3. The molecule has 0 unspecified atom stereocenters. The second-order valence-corrected chi connectivity index (χ2v) is 4.04. The van der Waals surface area contributed by atoms with Crippen LogP contribution in [0.3, 0.4) is 0 Å². The van der Waals surface area contributed by atoms with Crippen LogP contribution in [0.1, 0.15) is 24.5 Å². The van der Waals surface area contributed by atoms with Crippen LogP contribution in [0, 0.1) is 17.0 Å². The lowest BCUT2D eigenvalue weighted by atomic mass is 10.0. The minimum absolute atomic E-state index is 0.251. The molecule has 0 aromatic heterocycles. The van der Waals surface area contributed by atoms with Gasteiger partial charge >= 0.3 is 0 Å². The van der Waals surface area contributed by atoms with Crippen molar-refractivity contribution in [2.24, 2.45) is 0 Å². The molecule has 0 saturated heterocycles. The molecule has 14 heavy (non-hydrogen) atoms. The zero-order valence-corrected chi connectivity index (χ0v) is 9.80. The van der Waals surface area contributed by atoms with E-state index in [4.69, 9.17) is 0 Å². The first kappa shape index (κ1) is 11.2. The molecule has 1 rings (SSSR count). The topological polar surface area (TPSA) is 43.1 Å². The van der Waals surface area contributed by atoms with Gasteiger partial charge in [0.25, 0.3) is 5.69 Å². The minimum Gasteiger partial charge on any atom is -0.258 e. The van der Waals surface area contributed by atoms with Gasteiger partial charge in [0, 0.05) is 15.6 Å². The van der Waals surface area contributed by atoms with Gasteiger partial charge in [-0.05, 0) is 19.4 Å². The Kier molecular flexibility index (Phi) is 3.63. The monoisotopic (exact) mass is 257 g/mol. The Morgan fingerprint density at radius 3 is 2.64 bits per heavy atom. The Balaban J connectivity index is 3.30. The van der Waals surface area contributed by atoms with Gasteiger partial charge in [-0.15, -0.1) is 0 Å². The Labute approximate surface area is 91.4 Å². The van der Waals surface area contributed by atoms with E-state index < -0.39 is 0 Å². The molecule has 1 aromatic rings. The molecule has 0 aliphatic carbocycles. The van der Waals surface area contributed by atoms with Crippen LogP contribution in [0.15, 0.2) is 16.6 Å². The fourth-order valence-corrected chi connectivity index (χ4v) is 1.78. The van der Waals surface area contributed by atoms with Crippen molar-refractivity contribution in [2.45, 2.75) is 26.7 Å². The van der Waals surface area contributed by atoms with Crippen LogP contribution in [-0.2, 0) is 6.42 Å². The highest BCUT2D eigenvalue weighted by Crippen LogP contribution is 2.30. The van der Waals surface area contributed by atoms with Crippen LogP contribution in [-0.4, -0.2) is 4.92 Å². The number of nitro benzene ring substituents is 1. The van der Waals surface area contributed by atoms with E-state index in [1.165, 1.54) is 0 Å². The van der Waals surface area contributed by atoms with Crippen LogP contribution >= 0.6 is 15.9 Å². The van der Waals surface area contributed by atoms with Crippen molar-refractivity contribution in [1.82, 2.24) is 0 Å². The van der Waals surface area contributed by atoms with Crippen molar-refractivity contribution in [3.05, 3.63) is 37.8 Å². The molecular weight excluding hydrogens is 246 g/mol. The predicted molar refractivity (Wildman–Crippen MR) is 59.5 cm³/mol. The zero-order chi connectivity index (χ0) is 10.7. The lowest BCUT2D eigenvalue weighted by Gasteiger charge is -2.05. The molecule has 0 saturated carbocycles. The second kappa shape index (κ2) is 4.55. The number of nitrogens with zero attached hydrogens (tertiary/aromatic N) is 1. The average Bonchev–Trinajstić information content (AvgIpc) is 2.11. The highest BCUT2D eigenvalue weighted by Gasteiger charge is 2.18. The molecule has 4 heteroatoms. The highest BCUT2D eigenvalue weighted by atomic mass is 79.9. The van der Waals surface area contributed by atoms with Crippen molar-refractivity contribution < 1.29 is 4.92 Å². The Morgan fingerprint density at radius 2 is 2.14 bits per heavy atom. The summed E-state index contributed by atoms with van der Waals surface area (Å²) >= 11 is 3.30. The largest absolute Gasteiger partial charge is 0.276 e. The fourth-order valence-electron chi connectivity index (χ4n) is 1.46. The normalized spacial score (nSPS) is 10.2. The first-order chi connectivity index (χ1) is 6.57. The Hall–Kier alpha value is -0.900. The van der Waals surface area contributed by atoms with Crippen LogP contribution in [0.25, 0.3) is 0 Å². The minimum atomic E-state index is -0.301. The third-order valence-electron chi connectivity index (χ3n) is 2.15. The third-order valence-corrected chi connectivity index (χ3v) is 3.01. The lowest BCUT2D eigenvalue weighted by Crippen LogP contribution is -1.98. The van der Waals surface area contributed by atoms with Gasteiger partial charge in [-0.1, -0.05) is 35.3 Å². The van der Waals surface area contributed by atoms with E-state index in [1.54, 1.807) is 6.92 Å². The zero-order valence-electron chi connectivity index (χ0n) is 8.21. The maximum absolute atomic E-state index is 10.9. The molecule has 0 spiro atoms. The summed E-state index contributed by atoms with van der Waals surface area (Å²) in [5.41, 5.74) is 1.78. The van der Waals surface area contributed by atoms with E-state index >= 15 is 0 Å². The molecule has 1 aromatic carbocycles. The fraction of sp³-hybridized carbons (Fsp3) is 0.400. The smallest absolute Gasteiger partial charge is 0.258 e. The van der Waals surface area contributed by atoms with E-state index in [-0.39, 0.29) is 10.6 Å². The maximum Gasteiger partial charge on any atom is 0.276 e. The summed E-state index contributed by atoms with van der Waals surface area (Å²) < 4.78 is 0.795. The number of nitro groups is 1. The van der Waals surface area contributed by atoms with Crippen molar-refractivity contribution in [3.8, 4) is 0 Å². The van der Waals surface area contributed by atoms with Crippen molar-refractivity contribution in [2.75, 3.05) is 0 Å². The number of hydrogen-bond acceptors (Lipinski definition) is 2. The van der Waals surface area contributed by atoms with E-state index in [1.807, 2.05) is 19.1 Å². The molecule has 0 amide bonds. The molecule has 0 aliphatic rings. The molecule has 3 nitrogen and oxygen atoms in total. The van der Waals surface area contributed by atoms with Gasteiger partial charge in [0.2, 0.25) is 0 Å². The third kappa shape index (κ3) is 2.12. The van der Waals surface area contributed by atoms with Gasteiger partial charge in [-0.3, -0.25) is 10.1 Å². The summed E-state index contributed by atoms with van der Waals surface area (Å²) in [7, 11) is 0. The Bertz CT molecular complexity index is 363. The van der Waals surface area contributed by atoms with E-state index in [2.05, 4.69) is 15.9 Å². The SMILES string of the molecule is CCCc1ccc(Br)c(C)c1[N+](=O)[O-]. The average molecular weight is 258 g/mol. The summed E-state index contributed by atoms with van der Waals surface area (Å²) in [5.74, 6) is 0. The van der Waals surface area contributed by atoms with Crippen LogP contribution < -0.4 is 0 Å². The first-order valence-electron chi connectivity index (χ1n) is 4.50. The van der Waals surface area contributed by atoms with Crippen molar-refractivity contribution >= 4 is 21.6 Å². The van der Waals surface area contributed by atoms with Crippen LogP contribution in [0.2, 0.25) is 0 Å². The summed E-state index contributed by atoms with van der Waals surface area (Å²) in [6.45, 7) is 3.78. The molecule has 76 valence electrons. The Morgan fingerprint density at radius 1 is 1.50 bits per heavy atom. The molecule has 0 N–H and O–H groups in total. The molecule has 0 heterocycles. The summed E-state index contributed by atoms with van der Waals surface area (Å²) in [6.07, 6.45) is 1.67. The van der Waals surface area contributed by atoms with E-state index in [9.17, 15) is 10.1 Å². The lowest BCUT2D eigenvalue weighted by molar-refractivity contribution is -0.386. The molecule has 0 aliphatic heterocycles.